The second kappa shape index (κ2) is 11.4. The fraction of sp³-hybridized carbons (Fsp3) is 0. The monoisotopic (exact) mass is 488 g/mol. The molecule has 0 N–H and O–H groups in total. The molecule has 0 saturated carbocycles. The van der Waals surface area contributed by atoms with Crippen LogP contribution in [-0.2, 0) is 0 Å². The fourth-order valence-corrected chi connectivity index (χ4v) is 1.83. The number of rotatable bonds is 5. The van der Waals surface area contributed by atoms with Crippen LogP contribution in [0.5, 0.6) is 11.5 Å². The molecule has 0 amide bonds. The summed E-state index contributed by atoms with van der Waals surface area (Å²) in [6.45, 7) is 0. The first-order chi connectivity index (χ1) is 13.1. The second-order valence-corrected chi connectivity index (χ2v) is 5.78. The van der Waals surface area contributed by atoms with Gasteiger partial charge in [-0.1, -0.05) is 15.9 Å². The molecule has 0 bridgehead atoms. The maximum absolute atomic E-state index is 12.3. The highest BCUT2D eigenvalue weighted by atomic mass is 79.9. The summed E-state index contributed by atoms with van der Waals surface area (Å²) < 4.78 is 79.9. The van der Waals surface area contributed by atoms with Gasteiger partial charge >= 0.3 is 24.2 Å². The number of carbonyl (C=O) groups excluding carboxylic acids is 1. The molecule has 3 nitrogen and oxygen atoms in total. The zero-order chi connectivity index (χ0) is 21.3. The Morgan fingerprint density at radius 2 is 1.07 bits per heavy atom. The summed E-state index contributed by atoms with van der Waals surface area (Å²) in [5.41, 5.74) is 0.161. The third-order valence-electron chi connectivity index (χ3n) is 2.61. The zero-order valence-corrected chi connectivity index (χ0v) is 15.7. The third kappa shape index (κ3) is 8.49. The van der Waals surface area contributed by atoms with Crippen molar-refractivity contribution in [3.8, 4) is 11.5 Å². The summed E-state index contributed by atoms with van der Waals surface area (Å²) in [6.07, 6.45) is -5.02. The van der Waals surface area contributed by atoms with E-state index in [0.717, 1.165) is 16.6 Å². The summed E-state index contributed by atoms with van der Waals surface area (Å²) in [5, 5.41) is -0.700. The second-order valence-electron chi connectivity index (χ2n) is 4.52. The third-order valence-corrected chi connectivity index (χ3v) is 3.35. The molecule has 0 spiro atoms. The molecule has 2 aromatic carbocycles. The largest absolute Gasteiger partial charge is 0.428 e. The molecule has 0 radical (unpaired) electrons. The molecule has 0 saturated heterocycles. The lowest BCUT2D eigenvalue weighted by Gasteiger charge is -2.01. The molecule has 150 valence electrons. The lowest BCUT2D eigenvalue weighted by molar-refractivity contribution is 0.108. The summed E-state index contributed by atoms with van der Waals surface area (Å²) >= 11 is 8.26. The van der Waals surface area contributed by atoms with Crippen molar-refractivity contribution in [3.63, 3.8) is 0 Å². The molecule has 2 rings (SSSR count). The van der Waals surface area contributed by atoms with Crippen LogP contribution in [0.2, 0.25) is 0 Å². The van der Waals surface area contributed by atoms with Crippen molar-refractivity contribution in [3.05, 3.63) is 82.8 Å². The summed E-state index contributed by atoms with van der Waals surface area (Å²) in [5.74, 6) is -0.129. The summed E-state index contributed by atoms with van der Waals surface area (Å²) in [6, 6.07) is 6.76. The van der Waals surface area contributed by atoms with Gasteiger partial charge in [-0.05, 0) is 60.1 Å². The van der Waals surface area contributed by atoms with Crippen LogP contribution in [0.4, 0.5) is 26.3 Å². The van der Waals surface area contributed by atoms with Crippen LogP contribution < -0.4 is 9.47 Å². The van der Waals surface area contributed by atoms with Crippen molar-refractivity contribution < 1.29 is 40.6 Å². The van der Waals surface area contributed by atoms with E-state index in [1.165, 1.54) is 24.3 Å². The lowest BCUT2D eigenvalue weighted by atomic mass is 10.2. The van der Waals surface area contributed by atoms with Gasteiger partial charge in [0.1, 0.15) is 11.5 Å². The standard InChI is InChI=1S/C9H4ClF3O2.C8H4BrF3O/c10-7(14)5-1-3-6(4-2-5)15-9(13)8(11)12;9-5-1-3-6(4-2-5)13-8(12)7(10)11/h1-4H;1-4H. The van der Waals surface area contributed by atoms with E-state index < -0.39 is 29.4 Å². The van der Waals surface area contributed by atoms with Gasteiger partial charge in [0.05, 0.1) is 0 Å². The Morgan fingerprint density at radius 1 is 0.714 bits per heavy atom. The number of carbonyl (C=O) groups is 1. The van der Waals surface area contributed by atoms with Crippen LogP contribution in [0.1, 0.15) is 10.4 Å². The van der Waals surface area contributed by atoms with Crippen LogP contribution in [0.3, 0.4) is 0 Å². The van der Waals surface area contributed by atoms with Crippen molar-refractivity contribution in [1.29, 1.82) is 0 Å². The fourth-order valence-electron chi connectivity index (χ4n) is 1.44. The van der Waals surface area contributed by atoms with E-state index in [9.17, 15) is 31.1 Å². The molecule has 0 aliphatic carbocycles. The van der Waals surface area contributed by atoms with Gasteiger partial charge in [0.2, 0.25) is 0 Å². The maximum atomic E-state index is 12.3. The molecule has 2 aromatic rings. The number of benzene rings is 2. The molecular weight excluding hydrogens is 482 g/mol. The predicted molar refractivity (Wildman–Crippen MR) is 92.7 cm³/mol. The van der Waals surface area contributed by atoms with Crippen molar-refractivity contribution in [2.45, 2.75) is 0 Å². The van der Waals surface area contributed by atoms with E-state index in [1.807, 2.05) is 0 Å². The van der Waals surface area contributed by atoms with Crippen LogP contribution in [-0.4, -0.2) is 5.24 Å². The lowest BCUT2D eigenvalue weighted by Crippen LogP contribution is -1.92. The smallest absolute Gasteiger partial charge is 0.344 e. The van der Waals surface area contributed by atoms with Crippen LogP contribution in [0.15, 0.2) is 77.2 Å². The van der Waals surface area contributed by atoms with Gasteiger partial charge in [0.15, 0.2) is 0 Å². The molecule has 11 heteroatoms. The zero-order valence-electron chi connectivity index (χ0n) is 13.4. The topological polar surface area (TPSA) is 35.5 Å². The van der Waals surface area contributed by atoms with E-state index in [0.29, 0.717) is 0 Å². The van der Waals surface area contributed by atoms with Crippen LogP contribution in [0.25, 0.3) is 0 Å². The summed E-state index contributed by atoms with van der Waals surface area (Å²) in [4.78, 5) is 10.6. The van der Waals surface area contributed by atoms with Gasteiger partial charge in [-0.25, -0.2) is 0 Å². The highest BCUT2D eigenvalue weighted by Crippen LogP contribution is 2.21. The molecule has 28 heavy (non-hydrogen) atoms. The Balaban J connectivity index is 0.000000283. The van der Waals surface area contributed by atoms with E-state index in [1.54, 1.807) is 12.1 Å². The maximum Gasteiger partial charge on any atom is 0.344 e. The highest BCUT2D eigenvalue weighted by Gasteiger charge is 2.08. The Morgan fingerprint density at radius 3 is 1.39 bits per heavy atom. The van der Waals surface area contributed by atoms with E-state index in [-0.39, 0.29) is 17.1 Å². The van der Waals surface area contributed by atoms with Crippen molar-refractivity contribution in [1.82, 2.24) is 0 Å². The average molecular weight is 490 g/mol. The quantitative estimate of drug-likeness (QED) is 0.250. The van der Waals surface area contributed by atoms with E-state index in [4.69, 9.17) is 11.6 Å². The summed E-state index contributed by atoms with van der Waals surface area (Å²) in [7, 11) is 0. The van der Waals surface area contributed by atoms with Crippen LogP contribution >= 0.6 is 27.5 Å². The van der Waals surface area contributed by atoms with Gasteiger partial charge in [-0.15, -0.1) is 0 Å². The van der Waals surface area contributed by atoms with Gasteiger partial charge in [-0.3, -0.25) is 4.79 Å². The van der Waals surface area contributed by atoms with Crippen molar-refractivity contribution >= 4 is 32.8 Å². The van der Waals surface area contributed by atoms with Crippen molar-refractivity contribution in [2.24, 2.45) is 0 Å². The molecule has 0 heterocycles. The molecule has 0 aromatic heterocycles. The van der Waals surface area contributed by atoms with Gasteiger partial charge in [-0.2, -0.15) is 26.3 Å². The SMILES string of the molecule is FC(F)=C(F)Oc1ccc(Br)cc1.O=C(Cl)c1ccc(OC(F)=C(F)F)cc1. The number of hydrogen-bond donors (Lipinski definition) is 0. The first-order valence-electron chi connectivity index (χ1n) is 6.93. The first kappa shape index (κ1) is 23.6. The van der Waals surface area contributed by atoms with Gasteiger partial charge < -0.3 is 9.47 Å². The minimum atomic E-state index is -2.55. The molecule has 0 unspecified atom stereocenters. The minimum absolute atomic E-state index is 0.0218. The normalized spacial score (nSPS) is 9.57. The van der Waals surface area contributed by atoms with Gasteiger partial charge in [0.25, 0.3) is 5.24 Å². The molecule has 0 aliphatic heterocycles. The minimum Gasteiger partial charge on any atom is -0.428 e. The predicted octanol–water partition coefficient (Wildman–Crippen LogP) is 7.34. The molecule has 0 atom stereocenters. The molecular formula is C17H8BrClF6O3. The van der Waals surface area contributed by atoms with Crippen LogP contribution in [0, 0.1) is 0 Å². The Hall–Kier alpha value is -2.46. The molecule has 0 fully saturated rings. The van der Waals surface area contributed by atoms with Gasteiger partial charge in [0, 0.05) is 10.0 Å². The number of halogens is 8. The number of ether oxygens (including phenoxy) is 2. The molecule has 0 aliphatic rings. The van der Waals surface area contributed by atoms with E-state index >= 15 is 0 Å². The number of hydrogen-bond acceptors (Lipinski definition) is 3. The Bertz CT molecular complexity index is 861. The van der Waals surface area contributed by atoms with Crippen molar-refractivity contribution in [2.75, 3.05) is 0 Å². The Labute approximate surface area is 167 Å². The van der Waals surface area contributed by atoms with E-state index in [2.05, 4.69) is 25.4 Å². The first-order valence-corrected chi connectivity index (χ1v) is 8.10. The Kier molecular flexibility index (Phi) is 9.60. The highest BCUT2D eigenvalue weighted by molar-refractivity contribution is 9.10. The average Bonchev–Trinajstić information content (AvgIpc) is 2.64.